The van der Waals surface area contributed by atoms with Crippen LogP contribution in [0.15, 0.2) is 36.9 Å². The number of aromatic nitrogens is 3. The van der Waals surface area contributed by atoms with E-state index in [0.717, 1.165) is 18.5 Å². The first-order valence-electron chi connectivity index (χ1n) is 8.26. The number of hydrogen-bond donors (Lipinski definition) is 0. The van der Waals surface area contributed by atoms with Crippen molar-refractivity contribution in [2.24, 2.45) is 13.0 Å². The number of rotatable bonds is 5. The molecule has 0 N–H and O–H groups in total. The van der Waals surface area contributed by atoms with Gasteiger partial charge in [0.1, 0.15) is 0 Å². The van der Waals surface area contributed by atoms with Crippen molar-refractivity contribution < 1.29 is 9.59 Å². The highest BCUT2D eigenvalue weighted by atomic mass is 16.2. The second kappa shape index (κ2) is 6.95. The minimum atomic E-state index is -0.0402. The molecular formula is C18H22N4O2. The fraction of sp³-hybridized carbons (Fsp3) is 0.444. The molecular weight excluding hydrogens is 304 g/mol. The second-order valence-electron chi connectivity index (χ2n) is 6.51. The van der Waals surface area contributed by atoms with E-state index in [-0.39, 0.29) is 30.6 Å². The van der Waals surface area contributed by atoms with Crippen LogP contribution in [0.3, 0.4) is 0 Å². The molecule has 126 valence electrons. The van der Waals surface area contributed by atoms with E-state index in [0.29, 0.717) is 11.5 Å². The zero-order valence-electron chi connectivity index (χ0n) is 14.1. The minimum Gasteiger partial charge on any atom is -0.335 e. The standard InChI is InChI=1S/C18H22N4O2/c1-13-8-16(14-4-3-7-19-9-14)22(11-13)18(24)6-5-17(23)15-10-20-21(2)12-15/h3-4,7,9-10,12-13,16H,5-6,8,11H2,1-2H3/t13-,16-/m1/s1. The third-order valence-electron chi connectivity index (χ3n) is 4.49. The Morgan fingerprint density at radius 1 is 1.29 bits per heavy atom. The summed E-state index contributed by atoms with van der Waals surface area (Å²) in [5, 5.41) is 4.00. The molecule has 6 heteroatoms. The number of pyridine rings is 1. The summed E-state index contributed by atoms with van der Waals surface area (Å²) < 4.78 is 1.59. The Morgan fingerprint density at radius 3 is 2.79 bits per heavy atom. The molecule has 2 atom stereocenters. The smallest absolute Gasteiger partial charge is 0.223 e. The van der Waals surface area contributed by atoms with Crippen molar-refractivity contribution in [2.75, 3.05) is 6.54 Å². The Balaban J connectivity index is 1.64. The molecule has 24 heavy (non-hydrogen) atoms. The van der Waals surface area contributed by atoms with E-state index in [2.05, 4.69) is 17.0 Å². The molecule has 3 heterocycles. The zero-order chi connectivity index (χ0) is 17.1. The highest BCUT2D eigenvalue weighted by Crippen LogP contribution is 2.35. The summed E-state index contributed by atoms with van der Waals surface area (Å²) in [6.45, 7) is 2.89. The lowest BCUT2D eigenvalue weighted by atomic mass is 10.0. The number of Topliss-reactive ketones (excluding diaryl/α,β-unsaturated/α-hetero) is 1. The molecule has 1 amide bonds. The van der Waals surface area contributed by atoms with Crippen LogP contribution in [0.4, 0.5) is 0 Å². The van der Waals surface area contributed by atoms with Gasteiger partial charge >= 0.3 is 0 Å². The van der Waals surface area contributed by atoms with E-state index in [9.17, 15) is 9.59 Å². The number of likely N-dealkylation sites (tertiary alicyclic amines) is 1. The van der Waals surface area contributed by atoms with Crippen LogP contribution in [-0.4, -0.2) is 37.9 Å². The predicted molar refractivity (Wildman–Crippen MR) is 89.2 cm³/mol. The van der Waals surface area contributed by atoms with E-state index in [1.54, 1.807) is 30.3 Å². The van der Waals surface area contributed by atoms with Crippen LogP contribution in [-0.2, 0) is 11.8 Å². The Kier molecular flexibility index (Phi) is 4.74. The lowest BCUT2D eigenvalue weighted by Gasteiger charge is -2.24. The Hall–Kier alpha value is -2.50. The molecule has 0 aliphatic carbocycles. The molecule has 1 fully saturated rings. The van der Waals surface area contributed by atoms with Gasteiger partial charge < -0.3 is 4.90 Å². The molecule has 0 aromatic carbocycles. The Labute approximate surface area is 141 Å². The molecule has 2 aromatic rings. The minimum absolute atomic E-state index is 0.0328. The van der Waals surface area contributed by atoms with Gasteiger partial charge in [0.15, 0.2) is 5.78 Å². The third-order valence-corrected chi connectivity index (χ3v) is 4.49. The number of carbonyl (C=O) groups excluding carboxylic acids is 2. The third kappa shape index (κ3) is 3.53. The van der Waals surface area contributed by atoms with Gasteiger partial charge in [0.25, 0.3) is 0 Å². The summed E-state index contributed by atoms with van der Waals surface area (Å²) >= 11 is 0. The Bertz CT molecular complexity index is 726. The maximum atomic E-state index is 12.6. The van der Waals surface area contributed by atoms with Gasteiger partial charge in [-0.1, -0.05) is 13.0 Å². The number of carbonyl (C=O) groups is 2. The van der Waals surface area contributed by atoms with Crippen LogP contribution in [0, 0.1) is 5.92 Å². The van der Waals surface area contributed by atoms with E-state index in [1.165, 1.54) is 0 Å². The fourth-order valence-electron chi connectivity index (χ4n) is 3.28. The molecule has 1 aliphatic heterocycles. The van der Waals surface area contributed by atoms with Crippen molar-refractivity contribution in [3.8, 4) is 0 Å². The van der Waals surface area contributed by atoms with Gasteiger partial charge in [-0.25, -0.2) is 0 Å². The molecule has 1 saturated heterocycles. The number of nitrogens with zero attached hydrogens (tertiary/aromatic N) is 4. The van der Waals surface area contributed by atoms with Crippen LogP contribution < -0.4 is 0 Å². The SMILES string of the molecule is C[C@@H]1C[C@H](c2cccnc2)N(C(=O)CCC(=O)c2cnn(C)c2)C1. The summed E-state index contributed by atoms with van der Waals surface area (Å²) in [4.78, 5) is 30.9. The van der Waals surface area contributed by atoms with Crippen molar-refractivity contribution in [3.63, 3.8) is 0 Å². The van der Waals surface area contributed by atoms with E-state index >= 15 is 0 Å². The average Bonchev–Trinajstić information content (AvgIpc) is 3.19. The first kappa shape index (κ1) is 16.4. The van der Waals surface area contributed by atoms with E-state index in [4.69, 9.17) is 0 Å². The van der Waals surface area contributed by atoms with Crippen LogP contribution in [0.25, 0.3) is 0 Å². The largest absolute Gasteiger partial charge is 0.335 e. The molecule has 0 radical (unpaired) electrons. The van der Waals surface area contributed by atoms with Gasteiger partial charge in [-0.15, -0.1) is 0 Å². The van der Waals surface area contributed by atoms with Gasteiger partial charge in [0.05, 0.1) is 17.8 Å². The number of aryl methyl sites for hydroxylation is 1. The molecule has 2 aromatic heterocycles. The maximum absolute atomic E-state index is 12.6. The van der Waals surface area contributed by atoms with Gasteiger partial charge in [-0.05, 0) is 24.0 Å². The van der Waals surface area contributed by atoms with Gasteiger partial charge in [-0.2, -0.15) is 5.10 Å². The van der Waals surface area contributed by atoms with Crippen molar-refractivity contribution in [1.82, 2.24) is 19.7 Å². The molecule has 3 rings (SSSR count). The quantitative estimate of drug-likeness (QED) is 0.791. The molecule has 1 aliphatic rings. The summed E-state index contributed by atoms with van der Waals surface area (Å²) in [5.41, 5.74) is 1.62. The van der Waals surface area contributed by atoms with Gasteiger partial charge in [0.2, 0.25) is 5.91 Å². The number of amides is 1. The maximum Gasteiger partial charge on any atom is 0.223 e. The molecule has 0 unspecified atom stereocenters. The lowest BCUT2D eigenvalue weighted by Crippen LogP contribution is -2.31. The molecule has 0 bridgehead atoms. The predicted octanol–water partition coefficient (Wildman–Crippen LogP) is 2.39. The highest BCUT2D eigenvalue weighted by molar-refractivity contribution is 5.97. The van der Waals surface area contributed by atoms with Gasteiger partial charge in [0, 0.05) is 45.0 Å². The topological polar surface area (TPSA) is 68.1 Å². The Morgan fingerprint density at radius 2 is 2.12 bits per heavy atom. The fourth-order valence-corrected chi connectivity index (χ4v) is 3.28. The van der Waals surface area contributed by atoms with Crippen molar-refractivity contribution in [2.45, 2.75) is 32.2 Å². The highest BCUT2D eigenvalue weighted by Gasteiger charge is 2.34. The van der Waals surface area contributed by atoms with E-state index in [1.807, 2.05) is 23.2 Å². The normalized spacial score (nSPS) is 20.3. The van der Waals surface area contributed by atoms with Crippen molar-refractivity contribution >= 4 is 11.7 Å². The molecule has 6 nitrogen and oxygen atoms in total. The van der Waals surface area contributed by atoms with E-state index < -0.39 is 0 Å². The lowest BCUT2D eigenvalue weighted by molar-refractivity contribution is -0.132. The number of hydrogen-bond acceptors (Lipinski definition) is 4. The van der Waals surface area contributed by atoms with Crippen LogP contribution >= 0.6 is 0 Å². The average molecular weight is 326 g/mol. The number of ketones is 1. The first-order chi connectivity index (χ1) is 11.5. The first-order valence-corrected chi connectivity index (χ1v) is 8.26. The summed E-state index contributed by atoms with van der Waals surface area (Å²) in [6, 6.07) is 3.97. The monoisotopic (exact) mass is 326 g/mol. The zero-order valence-corrected chi connectivity index (χ0v) is 14.1. The molecule has 0 spiro atoms. The van der Waals surface area contributed by atoms with Crippen molar-refractivity contribution in [3.05, 3.63) is 48.0 Å². The second-order valence-corrected chi connectivity index (χ2v) is 6.51. The summed E-state index contributed by atoms with van der Waals surface area (Å²) in [5.74, 6) is 0.445. The summed E-state index contributed by atoms with van der Waals surface area (Å²) in [6.07, 6.45) is 8.18. The van der Waals surface area contributed by atoms with Gasteiger partial charge in [-0.3, -0.25) is 19.3 Å². The van der Waals surface area contributed by atoms with Crippen molar-refractivity contribution in [1.29, 1.82) is 0 Å². The summed E-state index contributed by atoms with van der Waals surface area (Å²) in [7, 11) is 1.77. The van der Waals surface area contributed by atoms with Crippen LogP contribution in [0.2, 0.25) is 0 Å². The molecule has 0 saturated carbocycles. The van der Waals surface area contributed by atoms with Crippen LogP contribution in [0.1, 0.15) is 48.1 Å². The van der Waals surface area contributed by atoms with Crippen LogP contribution in [0.5, 0.6) is 0 Å².